The molecule has 0 saturated heterocycles. The number of rotatable bonds is 7. The monoisotopic (exact) mass is 223 g/mol. The topological polar surface area (TPSA) is 29.9 Å². The van der Waals surface area contributed by atoms with Crippen LogP contribution in [0.3, 0.4) is 0 Å². The molecule has 1 heterocycles. The molecule has 0 aliphatic carbocycles. The third-order valence-electron chi connectivity index (χ3n) is 3.25. The summed E-state index contributed by atoms with van der Waals surface area (Å²) in [6, 6.07) is 0. The molecule has 1 aromatic heterocycles. The molecule has 0 amide bonds. The van der Waals surface area contributed by atoms with E-state index in [0.717, 1.165) is 19.6 Å². The van der Waals surface area contributed by atoms with E-state index < -0.39 is 0 Å². The van der Waals surface area contributed by atoms with Crippen LogP contribution >= 0.6 is 0 Å². The number of nitrogens with zero attached hydrogens (tertiary/aromatic N) is 2. The fourth-order valence-corrected chi connectivity index (χ4v) is 1.80. The summed E-state index contributed by atoms with van der Waals surface area (Å²) >= 11 is 0. The highest BCUT2D eigenvalue weighted by atomic mass is 15.3. The lowest BCUT2D eigenvalue weighted by Gasteiger charge is -2.19. The van der Waals surface area contributed by atoms with Crippen molar-refractivity contribution in [3.8, 4) is 0 Å². The van der Waals surface area contributed by atoms with Gasteiger partial charge in [-0.05, 0) is 43.8 Å². The molecule has 1 aromatic rings. The minimum atomic E-state index is 0.574. The van der Waals surface area contributed by atoms with Gasteiger partial charge in [0.25, 0.3) is 0 Å². The van der Waals surface area contributed by atoms with Gasteiger partial charge in [0.1, 0.15) is 0 Å². The normalized spacial score (nSPS) is 15.0. The smallest absolute Gasteiger partial charge is 0.0524 e. The fraction of sp³-hybridized carbons (Fsp3) is 0.769. The van der Waals surface area contributed by atoms with E-state index in [4.69, 9.17) is 0 Å². The zero-order valence-electron chi connectivity index (χ0n) is 11.0. The SMILES string of the molecule is CCCNCC(C)C(C)c1cnn(CC)c1. The average molecular weight is 223 g/mol. The number of aromatic nitrogens is 2. The van der Waals surface area contributed by atoms with Crippen LogP contribution in [0.4, 0.5) is 0 Å². The highest BCUT2D eigenvalue weighted by Gasteiger charge is 2.15. The van der Waals surface area contributed by atoms with Crippen LogP contribution in [0.2, 0.25) is 0 Å². The predicted octanol–water partition coefficient (Wildman–Crippen LogP) is 2.64. The van der Waals surface area contributed by atoms with E-state index in [9.17, 15) is 0 Å². The Morgan fingerprint density at radius 1 is 1.38 bits per heavy atom. The molecular weight excluding hydrogens is 198 g/mol. The summed E-state index contributed by atoms with van der Waals surface area (Å²) in [5.74, 6) is 1.23. The van der Waals surface area contributed by atoms with Crippen LogP contribution in [0.1, 0.15) is 45.6 Å². The van der Waals surface area contributed by atoms with Gasteiger partial charge in [-0.1, -0.05) is 20.8 Å². The Balaban J connectivity index is 2.45. The first-order valence-electron chi connectivity index (χ1n) is 6.42. The minimum Gasteiger partial charge on any atom is -0.316 e. The van der Waals surface area contributed by atoms with E-state index in [0.29, 0.717) is 11.8 Å². The molecule has 1 N–H and O–H groups in total. The molecule has 92 valence electrons. The lowest BCUT2D eigenvalue weighted by Crippen LogP contribution is -2.24. The van der Waals surface area contributed by atoms with Crippen molar-refractivity contribution in [1.82, 2.24) is 15.1 Å². The van der Waals surface area contributed by atoms with Crippen LogP contribution in [0.15, 0.2) is 12.4 Å². The van der Waals surface area contributed by atoms with Gasteiger partial charge in [0, 0.05) is 12.7 Å². The molecule has 0 fully saturated rings. The van der Waals surface area contributed by atoms with E-state index >= 15 is 0 Å². The van der Waals surface area contributed by atoms with E-state index in [2.05, 4.69) is 44.3 Å². The Labute approximate surface area is 99.2 Å². The molecule has 3 nitrogen and oxygen atoms in total. The summed E-state index contributed by atoms with van der Waals surface area (Å²) in [6.45, 7) is 12.1. The first-order valence-corrected chi connectivity index (χ1v) is 6.42. The molecule has 0 spiro atoms. The van der Waals surface area contributed by atoms with Crippen molar-refractivity contribution in [1.29, 1.82) is 0 Å². The zero-order chi connectivity index (χ0) is 12.0. The van der Waals surface area contributed by atoms with Crippen molar-refractivity contribution in [2.24, 2.45) is 5.92 Å². The molecule has 1 rings (SSSR count). The van der Waals surface area contributed by atoms with Gasteiger partial charge in [-0.15, -0.1) is 0 Å². The lowest BCUT2D eigenvalue weighted by molar-refractivity contribution is 0.448. The van der Waals surface area contributed by atoms with Crippen molar-refractivity contribution in [3.05, 3.63) is 18.0 Å². The molecule has 2 atom stereocenters. The van der Waals surface area contributed by atoms with E-state index in [-0.39, 0.29) is 0 Å². The Bertz CT molecular complexity index is 293. The second-order valence-corrected chi connectivity index (χ2v) is 4.60. The Morgan fingerprint density at radius 2 is 2.12 bits per heavy atom. The van der Waals surface area contributed by atoms with Gasteiger partial charge >= 0.3 is 0 Å². The van der Waals surface area contributed by atoms with Crippen molar-refractivity contribution < 1.29 is 0 Å². The molecular formula is C13H25N3. The third kappa shape index (κ3) is 3.63. The number of hydrogen-bond donors (Lipinski definition) is 1. The van der Waals surface area contributed by atoms with Crippen molar-refractivity contribution in [3.63, 3.8) is 0 Å². The highest BCUT2D eigenvalue weighted by molar-refractivity contribution is 5.11. The quantitative estimate of drug-likeness (QED) is 0.720. The van der Waals surface area contributed by atoms with E-state index in [1.54, 1.807) is 0 Å². The van der Waals surface area contributed by atoms with Crippen LogP contribution in [-0.2, 0) is 6.54 Å². The van der Waals surface area contributed by atoms with Crippen molar-refractivity contribution in [2.75, 3.05) is 13.1 Å². The molecule has 0 saturated carbocycles. The summed E-state index contributed by atoms with van der Waals surface area (Å²) in [5.41, 5.74) is 1.35. The van der Waals surface area contributed by atoms with Crippen LogP contribution in [0.5, 0.6) is 0 Å². The van der Waals surface area contributed by atoms with E-state index in [1.165, 1.54) is 12.0 Å². The maximum Gasteiger partial charge on any atom is 0.0524 e. The zero-order valence-corrected chi connectivity index (χ0v) is 11.0. The Morgan fingerprint density at radius 3 is 2.69 bits per heavy atom. The predicted molar refractivity (Wildman–Crippen MR) is 68.6 cm³/mol. The highest BCUT2D eigenvalue weighted by Crippen LogP contribution is 2.22. The third-order valence-corrected chi connectivity index (χ3v) is 3.25. The van der Waals surface area contributed by atoms with Crippen LogP contribution in [0.25, 0.3) is 0 Å². The lowest BCUT2D eigenvalue weighted by atomic mass is 9.91. The van der Waals surface area contributed by atoms with Crippen molar-refractivity contribution in [2.45, 2.75) is 46.6 Å². The molecule has 0 aliphatic heterocycles. The Kier molecular flexibility index (Phi) is 5.53. The molecule has 0 bridgehead atoms. The molecule has 3 heteroatoms. The second-order valence-electron chi connectivity index (χ2n) is 4.60. The van der Waals surface area contributed by atoms with Gasteiger partial charge in [-0.3, -0.25) is 4.68 Å². The van der Waals surface area contributed by atoms with Gasteiger partial charge < -0.3 is 5.32 Å². The van der Waals surface area contributed by atoms with Gasteiger partial charge in [0.05, 0.1) is 6.20 Å². The summed E-state index contributed by atoms with van der Waals surface area (Å²) in [5, 5.41) is 7.81. The maximum atomic E-state index is 4.33. The number of aryl methyl sites for hydroxylation is 1. The van der Waals surface area contributed by atoms with Gasteiger partial charge in [0.15, 0.2) is 0 Å². The largest absolute Gasteiger partial charge is 0.316 e. The number of nitrogens with one attached hydrogen (secondary N) is 1. The Hall–Kier alpha value is -0.830. The molecule has 0 aromatic carbocycles. The average Bonchev–Trinajstić information content (AvgIpc) is 2.76. The molecule has 16 heavy (non-hydrogen) atoms. The maximum absolute atomic E-state index is 4.33. The minimum absolute atomic E-state index is 0.574. The van der Waals surface area contributed by atoms with E-state index in [1.807, 2.05) is 10.9 Å². The summed E-state index contributed by atoms with van der Waals surface area (Å²) in [7, 11) is 0. The van der Waals surface area contributed by atoms with Gasteiger partial charge in [-0.25, -0.2) is 0 Å². The van der Waals surface area contributed by atoms with Crippen LogP contribution in [-0.4, -0.2) is 22.9 Å². The molecule has 0 aliphatic rings. The summed E-state index contributed by atoms with van der Waals surface area (Å²) in [4.78, 5) is 0. The fourth-order valence-electron chi connectivity index (χ4n) is 1.80. The first kappa shape index (κ1) is 13.2. The molecule has 2 unspecified atom stereocenters. The summed E-state index contributed by atoms with van der Waals surface area (Å²) in [6.07, 6.45) is 5.38. The second kappa shape index (κ2) is 6.69. The standard InChI is InChI=1S/C13H25N3/c1-5-7-14-8-11(3)12(4)13-9-15-16(6-2)10-13/h9-12,14H,5-8H2,1-4H3. The van der Waals surface area contributed by atoms with Crippen LogP contribution in [0, 0.1) is 5.92 Å². The molecule has 0 radical (unpaired) electrons. The summed E-state index contributed by atoms with van der Waals surface area (Å²) < 4.78 is 2.00. The number of hydrogen-bond acceptors (Lipinski definition) is 2. The van der Waals surface area contributed by atoms with Gasteiger partial charge in [0.2, 0.25) is 0 Å². The van der Waals surface area contributed by atoms with Crippen LogP contribution < -0.4 is 5.32 Å². The van der Waals surface area contributed by atoms with Gasteiger partial charge in [-0.2, -0.15) is 5.10 Å². The van der Waals surface area contributed by atoms with Crippen molar-refractivity contribution >= 4 is 0 Å². The first-order chi connectivity index (χ1) is 7.69.